The summed E-state index contributed by atoms with van der Waals surface area (Å²) in [5.74, 6) is 0.413. The molecule has 1 atom stereocenters. The van der Waals surface area contributed by atoms with Crippen molar-refractivity contribution in [2.24, 2.45) is 0 Å². The number of aldehydes is 1. The second-order valence-corrected chi connectivity index (χ2v) is 5.56. The van der Waals surface area contributed by atoms with Crippen LogP contribution in [0.5, 0.6) is 5.75 Å². The Balaban J connectivity index is 2.31. The van der Waals surface area contributed by atoms with Gasteiger partial charge in [0.25, 0.3) is 0 Å². The van der Waals surface area contributed by atoms with Crippen molar-refractivity contribution in [2.45, 2.75) is 13.0 Å². The lowest BCUT2D eigenvalue weighted by Gasteiger charge is -2.17. The number of nitriles is 1. The number of halogens is 2. The summed E-state index contributed by atoms with van der Waals surface area (Å²) in [7, 11) is 0. The molecule has 1 aromatic heterocycles. The third-order valence-electron chi connectivity index (χ3n) is 2.84. The lowest BCUT2D eigenvalue weighted by molar-refractivity contribution is 0.111. The summed E-state index contributed by atoms with van der Waals surface area (Å²) < 4.78 is 6.43. The van der Waals surface area contributed by atoms with Gasteiger partial charge in [0.1, 0.15) is 17.9 Å². The minimum absolute atomic E-state index is 0.361. The molecular formula is C15H10BrClN2O2. The van der Waals surface area contributed by atoms with Gasteiger partial charge in [0.05, 0.1) is 16.1 Å². The minimum Gasteiger partial charge on any atom is -0.485 e. The van der Waals surface area contributed by atoms with E-state index >= 15 is 0 Å². The molecule has 6 heteroatoms. The molecule has 0 N–H and O–H groups in total. The van der Waals surface area contributed by atoms with Gasteiger partial charge in [-0.25, -0.2) is 0 Å². The van der Waals surface area contributed by atoms with Gasteiger partial charge in [-0.3, -0.25) is 9.78 Å². The molecule has 0 aliphatic heterocycles. The van der Waals surface area contributed by atoms with Crippen LogP contribution in [0.3, 0.4) is 0 Å². The zero-order valence-corrected chi connectivity index (χ0v) is 13.4. The van der Waals surface area contributed by atoms with E-state index in [9.17, 15) is 4.79 Å². The summed E-state index contributed by atoms with van der Waals surface area (Å²) in [6, 6.07) is 6.90. The van der Waals surface area contributed by atoms with Gasteiger partial charge in [0, 0.05) is 22.4 Å². The average Bonchev–Trinajstić information content (AvgIpc) is 2.50. The van der Waals surface area contributed by atoms with Gasteiger partial charge < -0.3 is 4.74 Å². The zero-order chi connectivity index (χ0) is 15.4. The van der Waals surface area contributed by atoms with Gasteiger partial charge in [-0.15, -0.1) is 0 Å². The van der Waals surface area contributed by atoms with Crippen molar-refractivity contribution in [3.63, 3.8) is 0 Å². The van der Waals surface area contributed by atoms with E-state index in [0.717, 1.165) is 5.56 Å². The Bertz CT molecular complexity index is 728. The Morgan fingerprint density at radius 1 is 1.43 bits per heavy atom. The number of rotatable bonds is 4. The fraction of sp³-hybridized carbons (Fsp3) is 0.133. The van der Waals surface area contributed by atoms with Crippen LogP contribution in [-0.4, -0.2) is 11.3 Å². The van der Waals surface area contributed by atoms with Gasteiger partial charge >= 0.3 is 0 Å². The van der Waals surface area contributed by atoms with Crippen LogP contribution < -0.4 is 4.74 Å². The van der Waals surface area contributed by atoms with Crippen LogP contribution in [0.25, 0.3) is 0 Å². The van der Waals surface area contributed by atoms with E-state index in [4.69, 9.17) is 21.6 Å². The molecule has 0 saturated heterocycles. The van der Waals surface area contributed by atoms with Crippen molar-refractivity contribution in [3.05, 3.63) is 56.8 Å². The predicted molar refractivity (Wildman–Crippen MR) is 82.5 cm³/mol. The topological polar surface area (TPSA) is 63.0 Å². The molecule has 21 heavy (non-hydrogen) atoms. The highest BCUT2D eigenvalue weighted by molar-refractivity contribution is 9.10. The Morgan fingerprint density at radius 3 is 2.86 bits per heavy atom. The first kappa shape index (κ1) is 15.5. The van der Waals surface area contributed by atoms with Crippen molar-refractivity contribution in [3.8, 4) is 11.8 Å². The van der Waals surface area contributed by atoms with E-state index in [1.165, 1.54) is 12.3 Å². The maximum Gasteiger partial charge on any atom is 0.153 e. The van der Waals surface area contributed by atoms with Gasteiger partial charge in [0.2, 0.25) is 0 Å². The SMILES string of the molecule is CC(Oc1cc(Br)c(Cl)cc1C=O)c1cncc(C#N)c1. The first-order valence-electron chi connectivity index (χ1n) is 6.01. The van der Waals surface area contributed by atoms with Gasteiger partial charge in [-0.1, -0.05) is 11.6 Å². The van der Waals surface area contributed by atoms with Crippen LogP contribution in [0.15, 0.2) is 35.1 Å². The number of hydrogen-bond donors (Lipinski definition) is 0. The Hall–Kier alpha value is -1.90. The molecule has 4 nitrogen and oxygen atoms in total. The Kier molecular flexibility index (Phi) is 4.94. The van der Waals surface area contributed by atoms with Crippen molar-refractivity contribution in [1.29, 1.82) is 5.26 Å². The maximum atomic E-state index is 11.1. The number of ether oxygens (including phenoxy) is 1. The number of carbonyl (C=O) groups is 1. The van der Waals surface area contributed by atoms with E-state index in [1.807, 2.05) is 13.0 Å². The third-order valence-corrected chi connectivity index (χ3v) is 4.04. The van der Waals surface area contributed by atoms with Crippen LogP contribution >= 0.6 is 27.5 Å². The van der Waals surface area contributed by atoms with Crippen molar-refractivity contribution >= 4 is 33.8 Å². The average molecular weight is 366 g/mol. The summed E-state index contributed by atoms with van der Waals surface area (Å²) >= 11 is 9.25. The first-order valence-corrected chi connectivity index (χ1v) is 7.18. The summed E-state index contributed by atoms with van der Waals surface area (Å²) in [4.78, 5) is 15.1. The van der Waals surface area contributed by atoms with Crippen LogP contribution in [0.4, 0.5) is 0 Å². The molecule has 0 aliphatic carbocycles. The highest BCUT2D eigenvalue weighted by Crippen LogP contribution is 2.32. The van der Waals surface area contributed by atoms with Gasteiger partial charge in [0.15, 0.2) is 6.29 Å². The molecule has 106 valence electrons. The second kappa shape index (κ2) is 6.70. The van der Waals surface area contributed by atoms with E-state index in [1.54, 1.807) is 18.3 Å². The number of hydrogen-bond acceptors (Lipinski definition) is 4. The quantitative estimate of drug-likeness (QED) is 0.757. The molecule has 0 amide bonds. The lowest BCUT2D eigenvalue weighted by Crippen LogP contribution is -2.06. The van der Waals surface area contributed by atoms with E-state index in [2.05, 4.69) is 20.9 Å². The normalized spacial score (nSPS) is 11.5. The molecular weight excluding hydrogens is 356 g/mol. The molecule has 1 heterocycles. The summed E-state index contributed by atoms with van der Waals surface area (Å²) in [6.45, 7) is 1.81. The molecule has 2 rings (SSSR count). The molecule has 0 bridgehead atoms. The van der Waals surface area contributed by atoms with Gasteiger partial charge in [-0.05, 0) is 41.1 Å². The highest BCUT2D eigenvalue weighted by Gasteiger charge is 2.13. The van der Waals surface area contributed by atoms with Gasteiger partial charge in [-0.2, -0.15) is 5.26 Å². The molecule has 0 saturated carbocycles. The number of aromatic nitrogens is 1. The molecule has 1 unspecified atom stereocenters. The van der Waals surface area contributed by atoms with Crippen LogP contribution in [0.2, 0.25) is 5.02 Å². The lowest BCUT2D eigenvalue weighted by atomic mass is 10.1. The largest absolute Gasteiger partial charge is 0.485 e. The fourth-order valence-corrected chi connectivity index (χ4v) is 2.23. The smallest absolute Gasteiger partial charge is 0.153 e. The summed E-state index contributed by atoms with van der Waals surface area (Å²) in [5, 5.41) is 9.32. The number of nitrogens with zero attached hydrogens (tertiary/aromatic N) is 2. The molecule has 0 spiro atoms. The predicted octanol–water partition coefficient (Wildman–Crippen LogP) is 4.32. The van der Waals surface area contributed by atoms with E-state index < -0.39 is 0 Å². The molecule has 1 aromatic carbocycles. The van der Waals surface area contributed by atoms with Crippen molar-refractivity contribution < 1.29 is 9.53 Å². The number of pyridine rings is 1. The molecule has 2 aromatic rings. The fourth-order valence-electron chi connectivity index (χ4n) is 1.74. The first-order chi connectivity index (χ1) is 10.0. The maximum absolute atomic E-state index is 11.1. The summed E-state index contributed by atoms with van der Waals surface area (Å²) in [5.41, 5.74) is 1.56. The molecule has 0 aliphatic rings. The van der Waals surface area contributed by atoms with E-state index in [0.29, 0.717) is 32.7 Å². The van der Waals surface area contributed by atoms with Crippen molar-refractivity contribution in [2.75, 3.05) is 0 Å². The highest BCUT2D eigenvalue weighted by atomic mass is 79.9. The Morgan fingerprint density at radius 2 is 2.19 bits per heavy atom. The molecule has 0 fully saturated rings. The third kappa shape index (κ3) is 3.60. The van der Waals surface area contributed by atoms with Crippen LogP contribution in [-0.2, 0) is 0 Å². The Labute approximate surface area is 135 Å². The summed E-state index contributed by atoms with van der Waals surface area (Å²) in [6.07, 6.45) is 3.42. The second-order valence-electron chi connectivity index (χ2n) is 4.30. The minimum atomic E-state index is -0.363. The van der Waals surface area contributed by atoms with Crippen LogP contribution in [0.1, 0.15) is 34.5 Å². The standard InChI is InChI=1S/C15H10BrClN2O2/c1-9(11-2-10(5-18)6-19-7-11)21-15-4-13(16)14(17)3-12(15)8-20/h2-4,6-9H,1H3. The van der Waals surface area contributed by atoms with Crippen LogP contribution in [0, 0.1) is 11.3 Å². The number of carbonyl (C=O) groups excluding carboxylic acids is 1. The zero-order valence-electron chi connectivity index (χ0n) is 11.0. The monoisotopic (exact) mass is 364 g/mol. The number of benzene rings is 1. The van der Waals surface area contributed by atoms with E-state index in [-0.39, 0.29) is 6.10 Å². The van der Waals surface area contributed by atoms with Crippen molar-refractivity contribution in [1.82, 2.24) is 4.98 Å². The molecule has 0 radical (unpaired) electrons.